The van der Waals surface area contributed by atoms with E-state index in [1.54, 1.807) is 18.2 Å². The quantitative estimate of drug-likeness (QED) is 0.749. The molecule has 0 aliphatic carbocycles. The van der Waals surface area contributed by atoms with E-state index < -0.39 is 23.6 Å². The minimum atomic E-state index is -0.969. The van der Waals surface area contributed by atoms with E-state index in [2.05, 4.69) is 11.6 Å². The number of aromatic nitrogens is 1. The van der Waals surface area contributed by atoms with Crippen molar-refractivity contribution in [2.45, 2.75) is 12.5 Å². The molecule has 0 radical (unpaired) electrons. The van der Waals surface area contributed by atoms with Gasteiger partial charge in [-0.1, -0.05) is 6.08 Å². The van der Waals surface area contributed by atoms with Crippen molar-refractivity contribution in [2.24, 2.45) is 5.73 Å². The van der Waals surface area contributed by atoms with E-state index in [0.29, 0.717) is 17.1 Å². The maximum atomic E-state index is 13.3. The fourth-order valence-corrected chi connectivity index (χ4v) is 2.37. The molecule has 140 valence electrons. The second-order valence-electron chi connectivity index (χ2n) is 5.38. The number of pyridine rings is 1. The average Bonchev–Trinajstić information content (AvgIpc) is 2.58. The van der Waals surface area contributed by atoms with Crippen molar-refractivity contribution in [3.63, 3.8) is 0 Å². The van der Waals surface area contributed by atoms with Crippen LogP contribution in [0.4, 0.5) is 14.5 Å². The lowest BCUT2D eigenvalue weighted by Gasteiger charge is -2.24. The third kappa shape index (κ3) is 5.53. The van der Waals surface area contributed by atoms with Crippen molar-refractivity contribution in [3.05, 3.63) is 66.4 Å². The Hall–Kier alpha value is -2.45. The lowest BCUT2D eigenvalue weighted by atomic mass is 10.0. The minimum Gasteiger partial charge on any atom is -0.481 e. The fourth-order valence-electron chi connectivity index (χ4n) is 2.37. The Labute approximate surface area is 157 Å². The molecule has 5 nitrogen and oxygen atoms in total. The second kappa shape index (κ2) is 9.88. The molecule has 1 aromatic heterocycles. The smallest absolute Gasteiger partial charge is 0.244 e. The van der Waals surface area contributed by atoms with Gasteiger partial charge in [-0.05, 0) is 30.2 Å². The van der Waals surface area contributed by atoms with E-state index >= 15 is 0 Å². The van der Waals surface area contributed by atoms with E-state index in [1.807, 2.05) is 0 Å². The molecule has 0 bridgehead atoms. The first-order valence-corrected chi connectivity index (χ1v) is 7.57. The third-order valence-corrected chi connectivity index (χ3v) is 3.51. The highest BCUT2D eigenvalue weighted by molar-refractivity contribution is 7.59. The summed E-state index contributed by atoms with van der Waals surface area (Å²) in [6.07, 6.45) is 3.04. The summed E-state index contributed by atoms with van der Waals surface area (Å²) in [5.74, 6) is -1.42. The van der Waals surface area contributed by atoms with Crippen molar-refractivity contribution in [3.8, 4) is 5.88 Å². The van der Waals surface area contributed by atoms with Crippen molar-refractivity contribution in [1.82, 2.24) is 4.98 Å². The van der Waals surface area contributed by atoms with Crippen LogP contribution in [-0.2, 0) is 11.2 Å². The van der Waals surface area contributed by atoms with Crippen LogP contribution in [0.2, 0.25) is 0 Å². The molecule has 2 rings (SSSR count). The van der Waals surface area contributed by atoms with Gasteiger partial charge in [0.15, 0.2) is 0 Å². The summed E-state index contributed by atoms with van der Waals surface area (Å²) in [6, 6.07) is 5.40. The molecule has 26 heavy (non-hydrogen) atoms. The Kier molecular flexibility index (Phi) is 8.21. The van der Waals surface area contributed by atoms with Crippen LogP contribution in [0.25, 0.3) is 0 Å². The molecule has 1 atom stereocenters. The molecular weight excluding hydrogens is 360 g/mol. The zero-order valence-electron chi connectivity index (χ0n) is 14.3. The van der Waals surface area contributed by atoms with Gasteiger partial charge in [-0.3, -0.25) is 4.79 Å². The van der Waals surface area contributed by atoms with Crippen molar-refractivity contribution in [1.29, 1.82) is 0 Å². The van der Waals surface area contributed by atoms with E-state index in [4.69, 9.17) is 10.5 Å². The zero-order chi connectivity index (χ0) is 18.4. The molecule has 1 amide bonds. The van der Waals surface area contributed by atoms with Gasteiger partial charge < -0.3 is 15.4 Å². The van der Waals surface area contributed by atoms with Crippen molar-refractivity contribution < 1.29 is 18.3 Å². The first-order chi connectivity index (χ1) is 11.9. The summed E-state index contributed by atoms with van der Waals surface area (Å²) >= 11 is 0. The van der Waals surface area contributed by atoms with Gasteiger partial charge in [-0.15, -0.1) is 6.58 Å². The molecule has 0 saturated carbocycles. The first kappa shape index (κ1) is 21.6. The van der Waals surface area contributed by atoms with E-state index in [0.717, 1.165) is 18.2 Å². The monoisotopic (exact) mass is 381 g/mol. The summed E-state index contributed by atoms with van der Waals surface area (Å²) in [7, 11) is 1.49. The Morgan fingerprint density at radius 3 is 2.50 bits per heavy atom. The number of rotatable bonds is 7. The van der Waals surface area contributed by atoms with Crippen LogP contribution in [0.15, 0.2) is 49.2 Å². The third-order valence-electron chi connectivity index (χ3n) is 3.51. The highest BCUT2D eigenvalue weighted by atomic mass is 32.1. The van der Waals surface area contributed by atoms with Crippen molar-refractivity contribution in [2.75, 3.05) is 18.6 Å². The number of anilines is 1. The van der Waals surface area contributed by atoms with Crippen LogP contribution >= 0.6 is 13.5 Å². The molecule has 0 aliphatic rings. The Morgan fingerprint density at radius 2 is 2.00 bits per heavy atom. The highest BCUT2D eigenvalue weighted by Crippen LogP contribution is 2.18. The average molecular weight is 381 g/mol. The Balaban J connectivity index is 0.00000338. The summed E-state index contributed by atoms with van der Waals surface area (Å²) < 4.78 is 31.6. The van der Waals surface area contributed by atoms with E-state index in [-0.39, 0.29) is 26.5 Å². The molecule has 0 spiro atoms. The van der Waals surface area contributed by atoms with Gasteiger partial charge in [0.1, 0.15) is 11.6 Å². The molecule has 2 N–H and O–H groups in total. The van der Waals surface area contributed by atoms with Crippen LogP contribution < -0.4 is 15.4 Å². The number of carbonyl (C=O) groups is 1. The van der Waals surface area contributed by atoms with Gasteiger partial charge in [0.05, 0.1) is 25.0 Å². The predicted molar refractivity (Wildman–Crippen MR) is 102 cm³/mol. The topological polar surface area (TPSA) is 68.5 Å². The van der Waals surface area contributed by atoms with Crippen LogP contribution in [0.1, 0.15) is 5.56 Å². The number of amides is 1. The minimum absolute atomic E-state index is 0. The van der Waals surface area contributed by atoms with Crippen LogP contribution in [-0.4, -0.2) is 30.6 Å². The van der Waals surface area contributed by atoms with Gasteiger partial charge in [0.2, 0.25) is 11.8 Å². The van der Waals surface area contributed by atoms with Gasteiger partial charge in [-0.2, -0.15) is 13.5 Å². The van der Waals surface area contributed by atoms with Gasteiger partial charge in [-0.25, -0.2) is 13.8 Å². The normalized spacial score (nSPS) is 11.2. The van der Waals surface area contributed by atoms with E-state index in [9.17, 15) is 13.6 Å². The molecule has 0 fully saturated rings. The SMILES string of the molecule is C=CCN(C(=O)[C@@H](N)Cc1cc(F)cc(F)c1)c1ccc(OC)nc1.S. The molecule has 1 heterocycles. The predicted octanol–water partition coefficient (Wildman–Crippen LogP) is 2.57. The van der Waals surface area contributed by atoms with Gasteiger partial charge in [0, 0.05) is 18.7 Å². The van der Waals surface area contributed by atoms with Gasteiger partial charge in [0.25, 0.3) is 0 Å². The standard InChI is InChI=1S/C18H19F2N3O2.H2S/c1-3-6-23(15-4-5-17(25-2)22-11-15)18(24)16(21)9-12-7-13(19)10-14(20)8-12;/h3-5,7-8,10-11,16H,1,6,9,21H2,2H3;1H2/t16-;/m0./s1. The lowest BCUT2D eigenvalue weighted by molar-refractivity contribution is -0.119. The number of hydrogen-bond donors (Lipinski definition) is 1. The Bertz CT molecular complexity index is 736. The lowest BCUT2D eigenvalue weighted by Crippen LogP contribution is -2.45. The van der Waals surface area contributed by atoms with Gasteiger partial charge >= 0.3 is 0 Å². The largest absolute Gasteiger partial charge is 0.481 e. The Morgan fingerprint density at radius 1 is 1.35 bits per heavy atom. The fraction of sp³-hybridized carbons (Fsp3) is 0.222. The number of carbonyl (C=O) groups excluding carboxylic acids is 1. The summed E-state index contributed by atoms with van der Waals surface area (Å²) in [5.41, 5.74) is 6.79. The second-order valence-corrected chi connectivity index (χ2v) is 5.38. The number of nitrogens with zero attached hydrogens (tertiary/aromatic N) is 2. The molecule has 0 aliphatic heterocycles. The van der Waals surface area contributed by atoms with Crippen LogP contribution in [0.3, 0.4) is 0 Å². The maximum absolute atomic E-state index is 13.3. The molecular formula is C18H21F2N3O2S. The van der Waals surface area contributed by atoms with Crippen molar-refractivity contribution >= 4 is 25.1 Å². The number of methoxy groups -OCH3 is 1. The highest BCUT2D eigenvalue weighted by Gasteiger charge is 2.22. The maximum Gasteiger partial charge on any atom is 0.244 e. The first-order valence-electron chi connectivity index (χ1n) is 7.57. The zero-order valence-corrected chi connectivity index (χ0v) is 15.3. The number of ether oxygens (including phenoxy) is 1. The summed E-state index contributed by atoms with van der Waals surface area (Å²) in [5, 5.41) is 0. The number of halogens is 2. The summed E-state index contributed by atoms with van der Waals surface area (Å²) in [4.78, 5) is 18.1. The number of benzene rings is 1. The number of hydrogen-bond acceptors (Lipinski definition) is 4. The summed E-state index contributed by atoms with van der Waals surface area (Å²) in [6.45, 7) is 3.85. The molecule has 2 aromatic rings. The molecule has 0 saturated heterocycles. The van der Waals surface area contributed by atoms with E-state index in [1.165, 1.54) is 18.2 Å². The molecule has 0 unspecified atom stereocenters. The van der Waals surface area contributed by atoms with Crippen LogP contribution in [0.5, 0.6) is 5.88 Å². The number of nitrogens with two attached hydrogens (primary N) is 1. The molecule has 1 aromatic carbocycles. The van der Waals surface area contributed by atoms with Crippen LogP contribution in [0, 0.1) is 11.6 Å². The molecule has 8 heteroatoms.